The van der Waals surface area contributed by atoms with Gasteiger partial charge in [0.2, 0.25) is 0 Å². The molecule has 1 aromatic heterocycles. The number of rotatable bonds is 5. The monoisotopic (exact) mass is 260 g/mol. The molecule has 0 radical (unpaired) electrons. The van der Waals surface area contributed by atoms with Crippen molar-refractivity contribution in [1.82, 2.24) is 4.98 Å². The van der Waals surface area contributed by atoms with Crippen LogP contribution in [-0.4, -0.2) is 18.6 Å². The summed E-state index contributed by atoms with van der Waals surface area (Å²) in [6.07, 6.45) is 1.17. The smallest absolute Gasteiger partial charge is 0.128 e. The first-order chi connectivity index (χ1) is 7.58. The summed E-state index contributed by atoms with van der Waals surface area (Å²) in [4.78, 5) is 6.58. The van der Waals surface area contributed by atoms with Gasteiger partial charge in [-0.15, -0.1) is 11.6 Å². The molecule has 0 bridgehead atoms. The maximum absolute atomic E-state index is 5.97. The average molecular weight is 261 g/mol. The van der Waals surface area contributed by atoms with Crippen molar-refractivity contribution >= 4 is 29.0 Å². The van der Waals surface area contributed by atoms with Gasteiger partial charge < -0.3 is 4.90 Å². The molecule has 1 atom stereocenters. The van der Waals surface area contributed by atoms with Crippen LogP contribution in [0.25, 0.3) is 0 Å². The molecule has 1 unspecified atom stereocenters. The molecule has 0 spiro atoms. The summed E-state index contributed by atoms with van der Waals surface area (Å²) in [6.45, 7) is 5.42. The van der Waals surface area contributed by atoms with E-state index in [9.17, 15) is 0 Å². The first-order valence-electron chi connectivity index (χ1n) is 5.51. The Hall–Kier alpha value is -0.470. The molecule has 1 heterocycles. The Balaban J connectivity index is 2.79. The summed E-state index contributed by atoms with van der Waals surface area (Å²) in [6, 6.07) is 3.79. The second-order valence-electron chi connectivity index (χ2n) is 4.13. The lowest BCUT2D eigenvalue weighted by Gasteiger charge is -2.22. The molecule has 0 aromatic carbocycles. The van der Waals surface area contributed by atoms with E-state index in [0.29, 0.717) is 16.8 Å². The molecule has 2 nitrogen and oxygen atoms in total. The first-order valence-corrected chi connectivity index (χ1v) is 6.42. The Labute approximate surface area is 108 Å². The molecular weight excluding hydrogens is 243 g/mol. The van der Waals surface area contributed by atoms with Crippen LogP contribution >= 0.6 is 23.2 Å². The van der Waals surface area contributed by atoms with Gasteiger partial charge >= 0.3 is 0 Å². The Bertz CT molecular complexity index is 342. The number of halogens is 2. The molecule has 0 aliphatic heterocycles. The normalized spacial score (nSPS) is 12.6. The summed E-state index contributed by atoms with van der Waals surface area (Å²) in [5, 5.41) is 0.635. The lowest BCUT2D eigenvalue weighted by Crippen LogP contribution is -2.24. The lowest BCUT2D eigenvalue weighted by atomic mass is 10.1. The molecule has 0 fully saturated rings. The van der Waals surface area contributed by atoms with Gasteiger partial charge in [-0.1, -0.05) is 31.9 Å². The van der Waals surface area contributed by atoms with E-state index in [1.165, 1.54) is 6.42 Å². The first kappa shape index (κ1) is 13.6. The Morgan fingerprint density at radius 1 is 1.44 bits per heavy atom. The zero-order valence-corrected chi connectivity index (χ0v) is 11.5. The van der Waals surface area contributed by atoms with Gasteiger partial charge in [-0.2, -0.15) is 0 Å². The highest BCUT2D eigenvalue weighted by Gasteiger charge is 2.09. The molecule has 0 saturated heterocycles. The van der Waals surface area contributed by atoms with E-state index in [0.717, 1.165) is 18.1 Å². The molecular formula is C12H18Cl2N2. The van der Waals surface area contributed by atoms with E-state index in [1.54, 1.807) is 0 Å². The van der Waals surface area contributed by atoms with E-state index in [2.05, 4.69) is 23.7 Å². The highest BCUT2D eigenvalue weighted by atomic mass is 35.5. The molecule has 0 saturated carbocycles. The number of pyridine rings is 1. The molecule has 90 valence electrons. The summed E-state index contributed by atoms with van der Waals surface area (Å²) >= 11 is 11.7. The molecule has 1 rings (SSSR count). The van der Waals surface area contributed by atoms with Crippen LogP contribution in [0.2, 0.25) is 5.02 Å². The third-order valence-electron chi connectivity index (χ3n) is 2.70. The van der Waals surface area contributed by atoms with E-state index >= 15 is 0 Å². The minimum absolute atomic E-state index is 0.351. The second-order valence-corrected chi connectivity index (χ2v) is 4.80. The number of hydrogen-bond donors (Lipinski definition) is 0. The number of aromatic nitrogens is 1. The number of anilines is 1. The van der Waals surface area contributed by atoms with Gasteiger partial charge in [-0.05, 0) is 18.1 Å². The van der Waals surface area contributed by atoms with Gasteiger partial charge in [0.15, 0.2) is 0 Å². The van der Waals surface area contributed by atoms with Crippen molar-refractivity contribution in [3.05, 3.63) is 22.8 Å². The zero-order valence-electron chi connectivity index (χ0n) is 10.0. The highest BCUT2D eigenvalue weighted by molar-refractivity contribution is 6.32. The number of hydrogen-bond acceptors (Lipinski definition) is 2. The van der Waals surface area contributed by atoms with Gasteiger partial charge in [0.1, 0.15) is 5.82 Å². The molecule has 0 amide bonds. The largest absolute Gasteiger partial charge is 0.359 e. The van der Waals surface area contributed by atoms with E-state index in [1.807, 2.05) is 19.2 Å². The van der Waals surface area contributed by atoms with Crippen LogP contribution in [0.4, 0.5) is 5.82 Å². The predicted molar refractivity (Wildman–Crippen MR) is 71.5 cm³/mol. The molecule has 16 heavy (non-hydrogen) atoms. The van der Waals surface area contributed by atoms with Crippen LogP contribution < -0.4 is 4.90 Å². The van der Waals surface area contributed by atoms with Gasteiger partial charge in [0.05, 0.1) is 16.6 Å². The molecule has 0 N–H and O–H groups in total. The number of nitrogens with zero attached hydrogens (tertiary/aromatic N) is 2. The van der Waals surface area contributed by atoms with Crippen molar-refractivity contribution in [2.24, 2.45) is 5.92 Å². The van der Waals surface area contributed by atoms with Crippen molar-refractivity contribution < 1.29 is 0 Å². The summed E-state index contributed by atoms with van der Waals surface area (Å²) in [5.74, 6) is 1.94. The van der Waals surface area contributed by atoms with Crippen molar-refractivity contribution in [3.63, 3.8) is 0 Å². The summed E-state index contributed by atoms with van der Waals surface area (Å²) < 4.78 is 0. The fourth-order valence-corrected chi connectivity index (χ4v) is 1.91. The Morgan fingerprint density at radius 3 is 2.69 bits per heavy atom. The third kappa shape index (κ3) is 3.53. The van der Waals surface area contributed by atoms with Crippen molar-refractivity contribution in [3.8, 4) is 0 Å². The number of alkyl halides is 1. The molecule has 4 heteroatoms. The van der Waals surface area contributed by atoms with Crippen LogP contribution in [-0.2, 0) is 5.88 Å². The van der Waals surface area contributed by atoms with Gasteiger partial charge in [0, 0.05) is 13.6 Å². The van der Waals surface area contributed by atoms with Crippen LogP contribution in [0.5, 0.6) is 0 Å². The van der Waals surface area contributed by atoms with Gasteiger partial charge in [-0.3, -0.25) is 0 Å². The fourth-order valence-electron chi connectivity index (χ4n) is 1.47. The summed E-state index contributed by atoms with van der Waals surface area (Å²) in [7, 11) is 2.04. The van der Waals surface area contributed by atoms with Crippen molar-refractivity contribution in [1.29, 1.82) is 0 Å². The molecule has 0 aliphatic rings. The van der Waals surface area contributed by atoms with Gasteiger partial charge in [-0.25, -0.2) is 4.98 Å². The molecule has 1 aromatic rings. The summed E-state index contributed by atoms with van der Waals surface area (Å²) in [5.41, 5.74) is 0.747. The molecule has 0 aliphatic carbocycles. The van der Waals surface area contributed by atoms with Crippen LogP contribution in [0.1, 0.15) is 26.0 Å². The van der Waals surface area contributed by atoms with E-state index in [4.69, 9.17) is 23.2 Å². The van der Waals surface area contributed by atoms with Crippen LogP contribution in [0, 0.1) is 5.92 Å². The topological polar surface area (TPSA) is 16.1 Å². The minimum Gasteiger partial charge on any atom is -0.359 e. The highest BCUT2D eigenvalue weighted by Crippen LogP contribution is 2.20. The average Bonchev–Trinajstić information content (AvgIpc) is 2.29. The third-order valence-corrected chi connectivity index (χ3v) is 3.30. The standard InChI is InChI=1S/C12H18Cl2N2/c1-4-9(2)8-16(3)12-6-5-10(14)11(7-13)15-12/h5-6,9H,4,7-8H2,1-3H3. The minimum atomic E-state index is 0.351. The van der Waals surface area contributed by atoms with E-state index < -0.39 is 0 Å². The SMILES string of the molecule is CCC(C)CN(C)c1ccc(Cl)c(CCl)n1. The van der Waals surface area contributed by atoms with Crippen LogP contribution in [0.3, 0.4) is 0 Å². The second kappa shape index (κ2) is 6.31. The lowest BCUT2D eigenvalue weighted by molar-refractivity contribution is 0.557. The predicted octanol–water partition coefficient (Wildman–Crippen LogP) is 3.96. The van der Waals surface area contributed by atoms with Crippen LogP contribution in [0.15, 0.2) is 12.1 Å². The maximum atomic E-state index is 5.97. The van der Waals surface area contributed by atoms with Gasteiger partial charge in [0.25, 0.3) is 0 Å². The quantitative estimate of drug-likeness (QED) is 0.746. The maximum Gasteiger partial charge on any atom is 0.128 e. The Kier molecular flexibility index (Phi) is 5.36. The fraction of sp³-hybridized carbons (Fsp3) is 0.583. The van der Waals surface area contributed by atoms with E-state index in [-0.39, 0.29) is 0 Å². The Morgan fingerprint density at radius 2 is 2.12 bits per heavy atom. The van der Waals surface area contributed by atoms with Crippen molar-refractivity contribution in [2.45, 2.75) is 26.1 Å². The zero-order chi connectivity index (χ0) is 12.1. The van der Waals surface area contributed by atoms with Crippen molar-refractivity contribution in [2.75, 3.05) is 18.5 Å².